The number of hydrogen-bond acceptors (Lipinski definition) is 7. The standard InChI is InChI=1S/C21H26N4O6S/c1-3-20(24(32(2,29)30)18-5-4-6-19(15-18)25(27)28)21(26)22-16-7-9-17(10-8-16)23-11-13-31-14-12-23/h4-10,15,20H,3,11-14H2,1-2H3,(H,22,26). The quantitative estimate of drug-likeness (QED) is 0.473. The summed E-state index contributed by atoms with van der Waals surface area (Å²) in [4.78, 5) is 25.7. The number of morpholine rings is 1. The molecule has 1 atom stereocenters. The Morgan fingerprint density at radius 3 is 2.44 bits per heavy atom. The van der Waals surface area contributed by atoms with Gasteiger partial charge in [0.15, 0.2) is 0 Å². The Hall–Kier alpha value is -3.18. The van der Waals surface area contributed by atoms with Crippen molar-refractivity contribution in [1.82, 2.24) is 0 Å². The van der Waals surface area contributed by atoms with E-state index in [-0.39, 0.29) is 17.8 Å². The topological polar surface area (TPSA) is 122 Å². The number of benzene rings is 2. The molecule has 11 heteroatoms. The van der Waals surface area contributed by atoms with Crippen LogP contribution in [0.3, 0.4) is 0 Å². The summed E-state index contributed by atoms with van der Waals surface area (Å²) in [6.45, 7) is 4.58. The highest BCUT2D eigenvalue weighted by atomic mass is 32.2. The van der Waals surface area contributed by atoms with Gasteiger partial charge in [-0.15, -0.1) is 0 Å². The molecule has 172 valence electrons. The monoisotopic (exact) mass is 462 g/mol. The molecule has 1 aliphatic rings. The van der Waals surface area contributed by atoms with E-state index in [0.717, 1.165) is 35.4 Å². The highest BCUT2D eigenvalue weighted by Gasteiger charge is 2.32. The van der Waals surface area contributed by atoms with E-state index in [9.17, 15) is 23.3 Å². The number of non-ortho nitro benzene ring substituents is 1. The molecule has 2 aromatic rings. The van der Waals surface area contributed by atoms with E-state index in [2.05, 4.69) is 10.2 Å². The molecule has 0 aromatic heterocycles. The molecular formula is C21H26N4O6S. The van der Waals surface area contributed by atoms with Gasteiger partial charge in [0.25, 0.3) is 5.69 Å². The van der Waals surface area contributed by atoms with E-state index in [1.165, 1.54) is 18.2 Å². The first kappa shape index (κ1) is 23.5. The van der Waals surface area contributed by atoms with Crippen LogP contribution >= 0.6 is 0 Å². The Labute approximate surface area is 187 Å². The van der Waals surface area contributed by atoms with Crippen LogP contribution in [0.5, 0.6) is 0 Å². The van der Waals surface area contributed by atoms with Crippen molar-refractivity contribution in [3.8, 4) is 0 Å². The van der Waals surface area contributed by atoms with E-state index < -0.39 is 26.9 Å². The average molecular weight is 463 g/mol. The summed E-state index contributed by atoms with van der Waals surface area (Å²) in [7, 11) is -3.90. The number of nitrogens with zero attached hydrogens (tertiary/aromatic N) is 3. The van der Waals surface area contributed by atoms with Gasteiger partial charge >= 0.3 is 0 Å². The third-order valence-electron chi connectivity index (χ3n) is 5.14. The van der Waals surface area contributed by atoms with Crippen LogP contribution in [0.4, 0.5) is 22.7 Å². The molecule has 0 spiro atoms. The fourth-order valence-corrected chi connectivity index (χ4v) is 4.81. The highest BCUT2D eigenvalue weighted by molar-refractivity contribution is 7.92. The van der Waals surface area contributed by atoms with Crippen molar-refractivity contribution in [2.75, 3.05) is 47.1 Å². The Morgan fingerprint density at radius 1 is 1.22 bits per heavy atom. The fraction of sp³-hybridized carbons (Fsp3) is 0.381. The van der Waals surface area contributed by atoms with Crippen molar-refractivity contribution in [2.24, 2.45) is 0 Å². The number of nitrogens with one attached hydrogen (secondary N) is 1. The maximum absolute atomic E-state index is 13.0. The summed E-state index contributed by atoms with van der Waals surface area (Å²) in [5.74, 6) is -0.524. The summed E-state index contributed by atoms with van der Waals surface area (Å²) >= 11 is 0. The SMILES string of the molecule is CCC(C(=O)Nc1ccc(N2CCOCC2)cc1)N(c1cccc([N+](=O)[O-])c1)S(C)(=O)=O. The van der Waals surface area contributed by atoms with Crippen molar-refractivity contribution in [2.45, 2.75) is 19.4 Å². The summed E-state index contributed by atoms with van der Waals surface area (Å²) in [5.41, 5.74) is 1.34. The van der Waals surface area contributed by atoms with E-state index >= 15 is 0 Å². The largest absolute Gasteiger partial charge is 0.378 e. The minimum absolute atomic E-state index is 0.0614. The molecular weight excluding hydrogens is 436 g/mol. The minimum atomic E-state index is -3.90. The number of carbonyl (C=O) groups excluding carboxylic acids is 1. The lowest BCUT2D eigenvalue weighted by atomic mass is 10.1. The second-order valence-corrected chi connectivity index (χ2v) is 9.25. The van der Waals surface area contributed by atoms with Crippen molar-refractivity contribution in [3.05, 3.63) is 58.6 Å². The number of carbonyl (C=O) groups is 1. The number of nitro benzene ring substituents is 1. The first-order valence-corrected chi connectivity index (χ1v) is 12.0. The molecule has 3 rings (SSSR count). The van der Waals surface area contributed by atoms with E-state index in [1.54, 1.807) is 19.1 Å². The normalized spacial score (nSPS) is 15.1. The molecule has 0 bridgehead atoms. The van der Waals surface area contributed by atoms with Gasteiger partial charge in [-0.2, -0.15) is 0 Å². The summed E-state index contributed by atoms with van der Waals surface area (Å²) in [5, 5.41) is 13.9. The summed E-state index contributed by atoms with van der Waals surface area (Å²) in [6.07, 6.45) is 1.15. The summed E-state index contributed by atoms with van der Waals surface area (Å²) < 4.78 is 31.4. The molecule has 32 heavy (non-hydrogen) atoms. The van der Waals surface area contributed by atoms with Crippen LogP contribution in [-0.2, 0) is 19.6 Å². The molecule has 1 N–H and O–H groups in total. The van der Waals surface area contributed by atoms with E-state index in [1.807, 2.05) is 12.1 Å². The Balaban J connectivity index is 1.82. The predicted molar refractivity (Wildman–Crippen MR) is 123 cm³/mol. The molecule has 0 aliphatic carbocycles. The molecule has 1 saturated heterocycles. The van der Waals surface area contributed by atoms with Crippen LogP contribution in [0, 0.1) is 10.1 Å². The molecule has 1 fully saturated rings. The van der Waals surface area contributed by atoms with Gasteiger partial charge in [0, 0.05) is 36.6 Å². The molecule has 1 aliphatic heterocycles. The number of ether oxygens (including phenoxy) is 1. The van der Waals surface area contributed by atoms with Crippen LogP contribution in [0.15, 0.2) is 48.5 Å². The van der Waals surface area contributed by atoms with Crippen molar-refractivity contribution < 1.29 is 22.9 Å². The summed E-state index contributed by atoms with van der Waals surface area (Å²) in [6, 6.07) is 11.4. The first-order chi connectivity index (χ1) is 15.2. The van der Waals surface area contributed by atoms with Gasteiger partial charge in [0.05, 0.1) is 30.1 Å². The Bertz CT molecular complexity index is 1070. The lowest BCUT2D eigenvalue weighted by Gasteiger charge is -2.30. The average Bonchev–Trinajstić information content (AvgIpc) is 2.77. The molecule has 2 aromatic carbocycles. The molecule has 1 amide bonds. The number of nitro groups is 1. The number of amides is 1. The van der Waals surface area contributed by atoms with E-state index in [0.29, 0.717) is 18.9 Å². The van der Waals surface area contributed by atoms with Gasteiger partial charge in [-0.3, -0.25) is 19.2 Å². The second kappa shape index (κ2) is 9.96. The zero-order chi connectivity index (χ0) is 23.3. The molecule has 10 nitrogen and oxygen atoms in total. The van der Waals surface area contributed by atoms with Crippen LogP contribution in [0.1, 0.15) is 13.3 Å². The van der Waals surface area contributed by atoms with Crippen LogP contribution in [0.2, 0.25) is 0 Å². The van der Waals surface area contributed by atoms with Crippen molar-refractivity contribution in [1.29, 1.82) is 0 Å². The van der Waals surface area contributed by atoms with Crippen molar-refractivity contribution >= 4 is 38.7 Å². The lowest BCUT2D eigenvalue weighted by molar-refractivity contribution is -0.384. The first-order valence-electron chi connectivity index (χ1n) is 10.2. The van der Waals surface area contributed by atoms with Gasteiger partial charge < -0.3 is 15.0 Å². The Kier molecular flexibility index (Phi) is 7.31. The molecule has 1 heterocycles. The molecule has 0 saturated carbocycles. The van der Waals surface area contributed by atoms with Gasteiger partial charge in [-0.1, -0.05) is 13.0 Å². The molecule has 0 radical (unpaired) electrons. The Morgan fingerprint density at radius 2 is 1.88 bits per heavy atom. The molecule has 1 unspecified atom stereocenters. The number of anilines is 3. The predicted octanol–water partition coefficient (Wildman–Crippen LogP) is 2.61. The van der Waals surface area contributed by atoms with Crippen LogP contribution < -0.4 is 14.5 Å². The third-order valence-corrected chi connectivity index (χ3v) is 6.32. The van der Waals surface area contributed by atoms with Gasteiger partial charge in [-0.05, 0) is 36.8 Å². The zero-order valence-corrected chi connectivity index (χ0v) is 18.7. The van der Waals surface area contributed by atoms with Gasteiger partial charge in [0.1, 0.15) is 6.04 Å². The van der Waals surface area contributed by atoms with Crippen molar-refractivity contribution in [3.63, 3.8) is 0 Å². The van der Waals surface area contributed by atoms with Gasteiger partial charge in [-0.25, -0.2) is 8.42 Å². The van der Waals surface area contributed by atoms with Crippen LogP contribution in [-0.4, -0.2) is 57.8 Å². The maximum atomic E-state index is 13.0. The van der Waals surface area contributed by atoms with Gasteiger partial charge in [0.2, 0.25) is 15.9 Å². The minimum Gasteiger partial charge on any atom is -0.378 e. The smallest absolute Gasteiger partial charge is 0.271 e. The highest BCUT2D eigenvalue weighted by Crippen LogP contribution is 2.27. The second-order valence-electron chi connectivity index (χ2n) is 7.40. The number of sulfonamides is 1. The van der Waals surface area contributed by atoms with Crippen LogP contribution in [0.25, 0.3) is 0 Å². The lowest BCUT2D eigenvalue weighted by Crippen LogP contribution is -2.47. The fourth-order valence-electron chi connectivity index (χ4n) is 3.61. The maximum Gasteiger partial charge on any atom is 0.271 e. The number of rotatable bonds is 8. The zero-order valence-electron chi connectivity index (χ0n) is 17.9. The number of hydrogen-bond donors (Lipinski definition) is 1. The third kappa shape index (κ3) is 5.54. The van der Waals surface area contributed by atoms with E-state index in [4.69, 9.17) is 4.74 Å².